The molecule has 6 heteroatoms. The summed E-state index contributed by atoms with van der Waals surface area (Å²) in [5.74, 6) is -0.0368. The second-order valence-corrected chi connectivity index (χ2v) is 7.47. The second-order valence-electron chi connectivity index (χ2n) is 6.36. The maximum absolute atomic E-state index is 12.7. The highest BCUT2D eigenvalue weighted by molar-refractivity contribution is 7.11. The van der Waals surface area contributed by atoms with Crippen molar-refractivity contribution >= 4 is 17.2 Å². The van der Waals surface area contributed by atoms with Crippen LogP contribution < -0.4 is 5.56 Å². The predicted molar refractivity (Wildman–Crippen MR) is 95.4 cm³/mol. The van der Waals surface area contributed by atoms with Crippen LogP contribution in [0.25, 0.3) is 0 Å². The topological polar surface area (TPSA) is 55.2 Å². The van der Waals surface area contributed by atoms with Gasteiger partial charge in [-0.15, -0.1) is 11.3 Å². The van der Waals surface area contributed by atoms with Gasteiger partial charge in [0.2, 0.25) is 5.91 Å². The van der Waals surface area contributed by atoms with Crippen LogP contribution in [0.3, 0.4) is 0 Å². The average Bonchev–Trinajstić information content (AvgIpc) is 2.99. The molecule has 1 amide bonds. The molecule has 2 aromatic rings. The summed E-state index contributed by atoms with van der Waals surface area (Å²) in [6.45, 7) is 4.07. The number of hydrogen-bond acceptors (Lipinski definition) is 4. The Kier molecular flexibility index (Phi) is 4.85. The molecule has 0 bridgehead atoms. The van der Waals surface area contributed by atoms with Crippen molar-refractivity contribution in [3.63, 3.8) is 0 Å². The Morgan fingerprint density at radius 1 is 1.50 bits per heavy atom. The van der Waals surface area contributed by atoms with Crippen LogP contribution in [0.4, 0.5) is 0 Å². The normalized spacial score (nSPS) is 16.7. The molecule has 1 aliphatic carbocycles. The zero-order valence-corrected chi connectivity index (χ0v) is 15.2. The first-order chi connectivity index (χ1) is 11.5. The van der Waals surface area contributed by atoms with E-state index in [-0.39, 0.29) is 24.1 Å². The van der Waals surface area contributed by atoms with Crippen molar-refractivity contribution in [1.29, 1.82) is 0 Å². The van der Waals surface area contributed by atoms with Gasteiger partial charge in [-0.25, -0.2) is 4.98 Å². The van der Waals surface area contributed by atoms with Crippen LogP contribution in [0.2, 0.25) is 0 Å². The Morgan fingerprint density at radius 2 is 2.29 bits per heavy atom. The minimum atomic E-state index is -0.132. The van der Waals surface area contributed by atoms with Gasteiger partial charge in [-0.05, 0) is 44.2 Å². The average molecular weight is 345 g/mol. The minimum Gasteiger partial charge on any atom is -0.336 e. The number of aryl methyl sites for hydroxylation is 3. The van der Waals surface area contributed by atoms with E-state index in [0.29, 0.717) is 0 Å². The van der Waals surface area contributed by atoms with Gasteiger partial charge in [0.25, 0.3) is 5.56 Å². The van der Waals surface area contributed by atoms with Gasteiger partial charge in [0.05, 0.1) is 21.6 Å². The van der Waals surface area contributed by atoms with Crippen molar-refractivity contribution in [1.82, 2.24) is 14.5 Å². The number of thiazole rings is 1. The van der Waals surface area contributed by atoms with Gasteiger partial charge in [0, 0.05) is 19.3 Å². The zero-order valence-electron chi connectivity index (χ0n) is 14.4. The maximum atomic E-state index is 12.7. The van der Waals surface area contributed by atoms with Crippen LogP contribution in [0.1, 0.15) is 46.9 Å². The van der Waals surface area contributed by atoms with E-state index in [1.54, 1.807) is 28.5 Å². The number of fused-ring (bicyclic) bond motifs is 1. The van der Waals surface area contributed by atoms with E-state index in [2.05, 4.69) is 6.92 Å². The maximum Gasteiger partial charge on any atom is 0.251 e. The van der Waals surface area contributed by atoms with E-state index in [0.717, 1.165) is 41.9 Å². The van der Waals surface area contributed by atoms with Crippen LogP contribution >= 0.6 is 11.3 Å². The third-order valence-corrected chi connectivity index (χ3v) is 5.93. The van der Waals surface area contributed by atoms with E-state index in [9.17, 15) is 9.59 Å². The number of pyridine rings is 1. The minimum absolute atomic E-state index is 0.0368. The molecule has 0 N–H and O–H groups in total. The van der Waals surface area contributed by atoms with E-state index in [1.807, 2.05) is 20.0 Å². The quantitative estimate of drug-likeness (QED) is 0.856. The standard InChI is InChI=1S/C18H23N3O2S/c1-4-15-19-13-6-5-7-14(18(13)24-15)20(3)17(23)11-21-9-8-12(2)10-16(21)22/h8-10,14H,4-7,11H2,1-3H3. The summed E-state index contributed by atoms with van der Waals surface area (Å²) in [6.07, 6.45) is 5.64. The molecule has 1 unspecified atom stereocenters. The number of carbonyl (C=O) groups is 1. The molecule has 0 saturated carbocycles. The summed E-state index contributed by atoms with van der Waals surface area (Å²) in [5.41, 5.74) is 1.93. The van der Waals surface area contributed by atoms with Crippen molar-refractivity contribution in [2.45, 2.75) is 52.1 Å². The number of rotatable bonds is 4. The fraction of sp³-hybridized carbons (Fsp3) is 0.500. The highest BCUT2D eigenvalue weighted by Gasteiger charge is 2.29. The van der Waals surface area contributed by atoms with Crippen molar-refractivity contribution in [2.75, 3.05) is 7.05 Å². The Bertz CT molecular complexity index is 809. The summed E-state index contributed by atoms with van der Waals surface area (Å²) >= 11 is 1.73. The summed E-state index contributed by atoms with van der Waals surface area (Å²) < 4.78 is 1.47. The Balaban J connectivity index is 1.79. The lowest BCUT2D eigenvalue weighted by molar-refractivity contribution is -0.133. The Hall–Kier alpha value is -1.95. The van der Waals surface area contributed by atoms with E-state index < -0.39 is 0 Å². The van der Waals surface area contributed by atoms with Gasteiger partial charge in [-0.1, -0.05) is 6.92 Å². The molecular weight excluding hydrogens is 322 g/mol. The molecule has 5 nitrogen and oxygen atoms in total. The molecule has 128 valence electrons. The molecule has 1 atom stereocenters. The van der Waals surface area contributed by atoms with Gasteiger partial charge in [-0.2, -0.15) is 0 Å². The third kappa shape index (κ3) is 3.29. The molecule has 0 aliphatic heterocycles. The third-order valence-electron chi connectivity index (χ3n) is 4.59. The number of hydrogen-bond donors (Lipinski definition) is 0. The number of amides is 1. The predicted octanol–water partition coefficient (Wildman–Crippen LogP) is 2.71. The fourth-order valence-electron chi connectivity index (χ4n) is 3.14. The highest BCUT2D eigenvalue weighted by Crippen LogP contribution is 2.37. The first-order valence-electron chi connectivity index (χ1n) is 8.40. The van der Waals surface area contributed by atoms with Crippen molar-refractivity contribution in [3.8, 4) is 0 Å². The molecule has 2 heterocycles. The first kappa shape index (κ1) is 16.9. The molecule has 0 radical (unpaired) electrons. The lowest BCUT2D eigenvalue weighted by Crippen LogP contribution is -2.37. The largest absolute Gasteiger partial charge is 0.336 e. The summed E-state index contributed by atoms with van der Waals surface area (Å²) in [7, 11) is 1.84. The Morgan fingerprint density at radius 3 is 3.00 bits per heavy atom. The number of likely N-dealkylation sites (N-methyl/N-ethyl adjacent to an activating group) is 1. The SMILES string of the molecule is CCc1nc2c(s1)C(N(C)C(=O)Cn1ccc(C)cc1=O)CCC2. The molecular formula is C18H23N3O2S. The second kappa shape index (κ2) is 6.89. The summed E-state index contributed by atoms with van der Waals surface area (Å²) in [5, 5.41) is 1.14. The van der Waals surface area contributed by atoms with Crippen molar-refractivity contribution < 1.29 is 4.79 Å². The molecule has 1 aliphatic rings. The molecule has 0 aromatic carbocycles. The fourth-order valence-corrected chi connectivity index (χ4v) is 4.37. The molecule has 24 heavy (non-hydrogen) atoms. The summed E-state index contributed by atoms with van der Waals surface area (Å²) in [6, 6.07) is 3.49. The smallest absolute Gasteiger partial charge is 0.251 e. The Labute approximate surface area is 146 Å². The van der Waals surface area contributed by atoms with Crippen LogP contribution in [-0.4, -0.2) is 27.4 Å². The molecule has 2 aromatic heterocycles. The van der Waals surface area contributed by atoms with Crippen LogP contribution in [0, 0.1) is 6.92 Å². The zero-order chi connectivity index (χ0) is 17.3. The highest BCUT2D eigenvalue weighted by atomic mass is 32.1. The molecule has 3 rings (SSSR count). The van der Waals surface area contributed by atoms with Gasteiger partial charge < -0.3 is 9.47 Å². The van der Waals surface area contributed by atoms with Gasteiger partial charge in [-0.3, -0.25) is 9.59 Å². The van der Waals surface area contributed by atoms with Crippen molar-refractivity contribution in [3.05, 3.63) is 49.8 Å². The van der Waals surface area contributed by atoms with Crippen LogP contribution in [0.5, 0.6) is 0 Å². The molecule has 0 fully saturated rings. The molecule has 0 spiro atoms. The van der Waals surface area contributed by atoms with Crippen molar-refractivity contribution in [2.24, 2.45) is 0 Å². The number of carbonyl (C=O) groups excluding carboxylic acids is 1. The van der Waals surface area contributed by atoms with Gasteiger partial charge in [0.1, 0.15) is 6.54 Å². The number of aromatic nitrogens is 2. The van der Waals surface area contributed by atoms with Crippen LogP contribution in [0.15, 0.2) is 23.1 Å². The summed E-state index contributed by atoms with van der Waals surface area (Å²) in [4.78, 5) is 32.4. The van der Waals surface area contributed by atoms with Crippen LogP contribution in [-0.2, 0) is 24.2 Å². The lowest BCUT2D eigenvalue weighted by atomic mass is 9.97. The van der Waals surface area contributed by atoms with E-state index in [1.165, 1.54) is 9.44 Å². The lowest BCUT2D eigenvalue weighted by Gasteiger charge is -2.31. The van der Waals surface area contributed by atoms with Gasteiger partial charge >= 0.3 is 0 Å². The van der Waals surface area contributed by atoms with Gasteiger partial charge in [0.15, 0.2) is 0 Å². The monoisotopic (exact) mass is 345 g/mol. The first-order valence-corrected chi connectivity index (χ1v) is 9.22. The van der Waals surface area contributed by atoms with E-state index in [4.69, 9.17) is 4.98 Å². The molecule has 0 saturated heterocycles. The number of nitrogens with zero attached hydrogens (tertiary/aromatic N) is 3. The van der Waals surface area contributed by atoms with E-state index >= 15 is 0 Å².